The number of pyridine rings is 1. The van der Waals surface area contributed by atoms with Crippen molar-refractivity contribution in [1.82, 2.24) is 9.97 Å². The standard InChI is InChI=1S/C14H12N2S2/c1-2-4-13-12(3-1)16-14(18-13)17-10-7-11-5-8-15-9-6-11/h1-6,8-9H,7,10H2. The third-order valence-corrected chi connectivity index (χ3v) is 4.82. The van der Waals surface area contributed by atoms with Crippen LogP contribution in [0.3, 0.4) is 0 Å². The summed E-state index contributed by atoms with van der Waals surface area (Å²) < 4.78 is 2.43. The van der Waals surface area contributed by atoms with E-state index in [2.05, 4.69) is 40.3 Å². The number of fused-ring (bicyclic) bond motifs is 1. The number of thiazole rings is 1. The van der Waals surface area contributed by atoms with Crippen molar-refractivity contribution >= 4 is 33.3 Å². The summed E-state index contributed by atoms with van der Waals surface area (Å²) >= 11 is 3.60. The molecule has 0 aliphatic rings. The third-order valence-electron chi connectivity index (χ3n) is 2.64. The average Bonchev–Trinajstić information content (AvgIpc) is 2.82. The van der Waals surface area contributed by atoms with Crippen LogP contribution in [0.1, 0.15) is 5.56 Å². The molecule has 18 heavy (non-hydrogen) atoms. The second-order valence-corrected chi connectivity index (χ2v) is 6.27. The zero-order valence-electron chi connectivity index (χ0n) is 9.74. The SMILES string of the molecule is c1ccc2sc(SCCc3ccncc3)nc2c1. The topological polar surface area (TPSA) is 25.8 Å². The minimum Gasteiger partial charge on any atom is -0.265 e. The third kappa shape index (κ3) is 2.71. The second kappa shape index (κ2) is 5.50. The predicted molar refractivity (Wildman–Crippen MR) is 78.3 cm³/mol. The zero-order chi connectivity index (χ0) is 12.2. The number of para-hydroxylation sites is 1. The molecule has 0 saturated heterocycles. The minimum absolute atomic E-state index is 1.06. The van der Waals surface area contributed by atoms with Gasteiger partial charge < -0.3 is 0 Å². The maximum atomic E-state index is 4.61. The first-order chi connectivity index (χ1) is 8.92. The maximum absolute atomic E-state index is 4.61. The van der Waals surface area contributed by atoms with Gasteiger partial charge in [-0.05, 0) is 36.2 Å². The van der Waals surface area contributed by atoms with Gasteiger partial charge in [-0.3, -0.25) is 4.98 Å². The first-order valence-corrected chi connectivity index (χ1v) is 7.59. The van der Waals surface area contributed by atoms with Gasteiger partial charge in [-0.2, -0.15) is 0 Å². The van der Waals surface area contributed by atoms with Crippen LogP contribution in [-0.4, -0.2) is 15.7 Å². The summed E-state index contributed by atoms with van der Waals surface area (Å²) in [5, 5.41) is 0. The molecule has 3 aromatic rings. The summed E-state index contributed by atoms with van der Waals surface area (Å²) in [6, 6.07) is 12.4. The molecule has 4 heteroatoms. The Bertz CT molecular complexity index is 601. The van der Waals surface area contributed by atoms with Crippen LogP contribution in [-0.2, 0) is 6.42 Å². The van der Waals surface area contributed by atoms with Crippen molar-refractivity contribution in [2.45, 2.75) is 10.8 Å². The molecule has 0 amide bonds. The van der Waals surface area contributed by atoms with Crippen molar-refractivity contribution in [1.29, 1.82) is 0 Å². The highest BCUT2D eigenvalue weighted by molar-refractivity contribution is 8.01. The zero-order valence-corrected chi connectivity index (χ0v) is 11.4. The molecule has 0 bridgehead atoms. The lowest BCUT2D eigenvalue weighted by molar-refractivity contribution is 1.13. The first-order valence-electron chi connectivity index (χ1n) is 5.79. The largest absolute Gasteiger partial charge is 0.265 e. The Morgan fingerprint density at radius 3 is 2.72 bits per heavy atom. The van der Waals surface area contributed by atoms with E-state index in [1.165, 1.54) is 10.3 Å². The monoisotopic (exact) mass is 272 g/mol. The molecular formula is C14H12N2S2. The Morgan fingerprint density at radius 2 is 1.89 bits per heavy atom. The Balaban J connectivity index is 1.63. The van der Waals surface area contributed by atoms with Gasteiger partial charge in [0, 0.05) is 18.1 Å². The fraction of sp³-hybridized carbons (Fsp3) is 0.143. The molecule has 0 atom stereocenters. The quantitative estimate of drug-likeness (QED) is 0.671. The molecule has 1 aromatic carbocycles. The summed E-state index contributed by atoms with van der Waals surface area (Å²) in [7, 11) is 0. The normalized spacial score (nSPS) is 10.9. The van der Waals surface area contributed by atoms with E-state index in [0.717, 1.165) is 22.0 Å². The maximum Gasteiger partial charge on any atom is 0.151 e. The molecule has 2 nitrogen and oxygen atoms in total. The highest BCUT2D eigenvalue weighted by Gasteiger charge is 2.03. The van der Waals surface area contributed by atoms with Crippen LogP contribution in [0.2, 0.25) is 0 Å². The van der Waals surface area contributed by atoms with E-state index in [1.54, 1.807) is 11.3 Å². The van der Waals surface area contributed by atoms with E-state index < -0.39 is 0 Å². The van der Waals surface area contributed by atoms with E-state index in [9.17, 15) is 0 Å². The van der Waals surface area contributed by atoms with Crippen molar-refractivity contribution in [2.75, 3.05) is 5.75 Å². The van der Waals surface area contributed by atoms with E-state index in [1.807, 2.05) is 30.2 Å². The fourth-order valence-corrected chi connectivity index (χ4v) is 3.85. The van der Waals surface area contributed by atoms with E-state index in [0.29, 0.717) is 0 Å². The summed E-state index contributed by atoms with van der Waals surface area (Å²) in [6.45, 7) is 0. The van der Waals surface area contributed by atoms with Crippen LogP contribution >= 0.6 is 23.1 Å². The number of hydrogen-bond donors (Lipinski definition) is 0. The predicted octanol–water partition coefficient (Wildman–Crippen LogP) is 4.03. The van der Waals surface area contributed by atoms with Gasteiger partial charge >= 0.3 is 0 Å². The molecule has 90 valence electrons. The number of aromatic nitrogens is 2. The Hall–Kier alpha value is -1.39. The molecule has 0 aliphatic heterocycles. The molecule has 0 fully saturated rings. The summed E-state index contributed by atoms with van der Waals surface area (Å²) in [6.07, 6.45) is 4.75. The van der Waals surface area contributed by atoms with Gasteiger partial charge in [-0.25, -0.2) is 4.98 Å². The van der Waals surface area contributed by atoms with E-state index in [-0.39, 0.29) is 0 Å². The molecule has 2 heterocycles. The van der Waals surface area contributed by atoms with Crippen LogP contribution in [0.15, 0.2) is 53.1 Å². The van der Waals surface area contributed by atoms with Gasteiger partial charge in [0.15, 0.2) is 4.34 Å². The van der Waals surface area contributed by atoms with Crippen LogP contribution in [0.25, 0.3) is 10.2 Å². The molecular weight excluding hydrogens is 260 g/mol. The van der Waals surface area contributed by atoms with Crippen LogP contribution in [0, 0.1) is 0 Å². The molecule has 0 aliphatic carbocycles. The second-order valence-electron chi connectivity index (χ2n) is 3.90. The van der Waals surface area contributed by atoms with Gasteiger partial charge in [0.1, 0.15) is 0 Å². The number of aryl methyl sites for hydroxylation is 1. The van der Waals surface area contributed by atoms with Crippen molar-refractivity contribution in [3.05, 3.63) is 54.4 Å². The molecule has 0 unspecified atom stereocenters. The van der Waals surface area contributed by atoms with Crippen molar-refractivity contribution in [3.63, 3.8) is 0 Å². The van der Waals surface area contributed by atoms with Crippen LogP contribution < -0.4 is 0 Å². The molecule has 0 saturated carbocycles. The van der Waals surface area contributed by atoms with Crippen molar-refractivity contribution in [2.24, 2.45) is 0 Å². The number of rotatable bonds is 4. The summed E-state index contributed by atoms with van der Waals surface area (Å²) in [5.41, 5.74) is 2.44. The lowest BCUT2D eigenvalue weighted by Crippen LogP contribution is -1.88. The minimum atomic E-state index is 1.06. The first kappa shape index (κ1) is 11.7. The molecule has 0 radical (unpaired) electrons. The highest BCUT2D eigenvalue weighted by Crippen LogP contribution is 2.29. The number of thioether (sulfide) groups is 1. The lowest BCUT2D eigenvalue weighted by atomic mass is 10.2. The Kier molecular flexibility index (Phi) is 3.57. The van der Waals surface area contributed by atoms with E-state index >= 15 is 0 Å². The number of nitrogens with zero attached hydrogens (tertiary/aromatic N) is 2. The van der Waals surface area contributed by atoms with Gasteiger partial charge in [0.25, 0.3) is 0 Å². The van der Waals surface area contributed by atoms with Gasteiger partial charge in [0.05, 0.1) is 10.2 Å². The Labute approximate surface area is 114 Å². The molecule has 2 aromatic heterocycles. The molecule has 0 N–H and O–H groups in total. The smallest absolute Gasteiger partial charge is 0.151 e. The number of hydrogen-bond acceptors (Lipinski definition) is 4. The van der Waals surface area contributed by atoms with Gasteiger partial charge in [-0.1, -0.05) is 23.9 Å². The average molecular weight is 272 g/mol. The number of benzene rings is 1. The van der Waals surface area contributed by atoms with Crippen molar-refractivity contribution in [3.8, 4) is 0 Å². The van der Waals surface area contributed by atoms with Crippen LogP contribution in [0.5, 0.6) is 0 Å². The lowest BCUT2D eigenvalue weighted by Gasteiger charge is -1.98. The summed E-state index contributed by atoms with van der Waals surface area (Å²) in [5.74, 6) is 1.06. The summed E-state index contributed by atoms with van der Waals surface area (Å²) in [4.78, 5) is 8.64. The highest BCUT2D eigenvalue weighted by atomic mass is 32.2. The van der Waals surface area contributed by atoms with Crippen molar-refractivity contribution < 1.29 is 0 Å². The fourth-order valence-electron chi connectivity index (χ4n) is 1.72. The Morgan fingerprint density at radius 1 is 1.06 bits per heavy atom. The van der Waals surface area contributed by atoms with E-state index in [4.69, 9.17) is 0 Å². The van der Waals surface area contributed by atoms with Gasteiger partial charge in [-0.15, -0.1) is 11.3 Å². The molecule has 0 spiro atoms. The van der Waals surface area contributed by atoms with Crippen LogP contribution in [0.4, 0.5) is 0 Å². The molecule has 3 rings (SSSR count). The van der Waals surface area contributed by atoms with Gasteiger partial charge in [0.2, 0.25) is 0 Å².